The van der Waals surface area contributed by atoms with Gasteiger partial charge in [0.05, 0.1) is 13.2 Å². The van der Waals surface area contributed by atoms with Crippen LogP contribution in [0.15, 0.2) is 29.3 Å². The second-order valence-corrected chi connectivity index (χ2v) is 6.27. The summed E-state index contributed by atoms with van der Waals surface area (Å²) in [7, 11) is 0. The second-order valence-electron chi connectivity index (χ2n) is 6.27. The minimum atomic E-state index is 0.666. The molecule has 1 saturated heterocycles. The van der Waals surface area contributed by atoms with Gasteiger partial charge in [-0.05, 0) is 43.7 Å². The highest BCUT2D eigenvalue weighted by Gasteiger charge is 2.19. The summed E-state index contributed by atoms with van der Waals surface area (Å²) in [6.45, 7) is 11.7. The third-order valence-corrected chi connectivity index (χ3v) is 4.27. The first-order valence-corrected chi connectivity index (χ1v) is 8.92. The maximum absolute atomic E-state index is 5.57. The summed E-state index contributed by atoms with van der Waals surface area (Å²) in [6.07, 6.45) is 2.58. The van der Waals surface area contributed by atoms with Gasteiger partial charge < -0.3 is 15.0 Å². The van der Waals surface area contributed by atoms with Gasteiger partial charge in [0, 0.05) is 26.2 Å². The van der Waals surface area contributed by atoms with Crippen LogP contribution in [0.1, 0.15) is 44.7 Å². The summed E-state index contributed by atoms with van der Waals surface area (Å²) in [6, 6.07) is 8.44. The molecule has 1 atom stereocenters. The van der Waals surface area contributed by atoms with Crippen LogP contribution in [-0.4, -0.2) is 37.1 Å². The van der Waals surface area contributed by atoms with Crippen molar-refractivity contribution in [2.45, 2.75) is 46.8 Å². The van der Waals surface area contributed by atoms with Crippen LogP contribution >= 0.6 is 0 Å². The molecule has 0 radical (unpaired) electrons. The van der Waals surface area contributed by atoms with Gasteiger partial charge in [-0.15, -0.1) is 0 Å². The topological polar surface area (TPSA) is 36.9 Å². The fourth-order valence-electron chi connectivity index (χ4n) is 3.03. The van der Waals surface area contributed by atoms with E-state index in [1.54, 1.807) is 0 Å². The van der Waals surface area contributed by atoms with Gasteiger partial charge in [0.1, 0.15) is 0 Å². The fraction of sp³-hybridized carbons (Fsp3) is 0.632. The van der Waals surface area contributed by atoms with E-state index in [0.29, 0.717) is 13.2 Å². The SMILES string of the molecule is CCNC(=NCc1ccccc1COCC)N1CCCC(C)C1. The molecular formula is C19H31N3O. The number of ether oxygens (including phenoxy) is 1. The lowest BCUT2D eigenvalue weighted by atomic mass is 10.0. The number of guanidine groups is 1. The first-order chi connectivity index (χ1) is 11.2. The lowest BCUT2D eigenvalue weighted by Crippen LogP contribution is -2.46. The summed E-state index contributed by atoms with van der Waals surface area (Å²) < 4.78 is 5.57. The first-order valence-electron chi connectivity index (χ1n) is 8.92. The van der Waals surface area contributed by atoms with Crippen LogP contribution in [0.2, 0.25) is 0 Å². The molecule has 0 spiro atoms. The summed E-state index contributed by atoms with van der Waals surface area (Å²) in [5, 5.41) is 3.45. The summed E-state index contributed by atoms with van der Waals surface area (Å²) >= 11 is 0. The molecule has 1 aromatic rings. The highest BCUT2D eigenvalue weighted by Crippen LogP contribution is 2.16. The third-order valence-electron chi connectivity index (χ3n) is 4.27. The Morgan fingerprint density at radius 3 is 2.78 bits per heavy atom. The van der Waals surface area contributed by atoms with E-state index in [1.807, 2.05) is 6.92 Å². The average molecular weight is 317 g/mol. The Bertz CT molecular complexity index is 501. The summed E-state index contributed by atoms with van der Waals surface area (Å²) in [5.74, 6) is 1.79. The summed E-state index contributed by atoms with van der Waals surface area (Å²) in [5.41, 5.74) is 2.49. The highest BCUT2D eigenvalue weighted by atomic mass is 16.5. The molecule has 0 saturated carbocycles. The zero-order chi connectivity index (χ0) is 16.5. The molecular weight excluding hydrogens is 286 g/mol. The van der Waals surface area contributed by atoms with E-state index < -0.39 is 0 Å². The van der Waals surface area contributed by atoms with E-state index >= 15 is 0 Å². The molecule has 4 heteroatoms. The Kier molecular flexibility index (Phi) is 7.40. The van der Waals surface area contributed by atoms with Crippen molar-refractivity contribution < 1.29 is 4.74 Å². The molecule has 1 aliphatic heterocycles. The molecule has 0 aromatic heterocycles. The second kappa shape index (κ2) is 9.56. The van der Waals surface area contributed by atoms with Crippen LogP contribution in [0.5, 0.6) is 0 Å². The standard InChI is InChI=1S/C19H31N3O/c1-4-20-19(22-12-8-9-16(3)14-22)21-13-17-10-6-7-11-18(17)15-23-5-2/h6-7,10-11,16H,4-5,8-9,12-15H2,1-3H3,(H,20,21). The minimum absolute atomic E-state index is 0.666. The van der Waals surface area contributed by atoms with Crippen molar-refractivity contribution >= 4 is 5.96 Å². The van der Waals surface area contributed by atoms with Gasteiger partial charge in [-0.1, -0.05) is 31.2 Å². The van der Waals surface area contributed by atoms with Crippen LogP contribution in [0.4, 0.5) is 0 Å². The number of hydrogen-bond donors (Lipinski definition) is 1. The van der Waals surface area contributed by atoms with Gasteiger partial charge in [-0.3, -0.25) is 0 Å². The first kappa shape index (κ1) is 17.8. The Hall–Kier alpha value is -1.55. The van der Waals surface area contributed by atoms with Crippen molar-refractivity contribution in [3.05, 3.63) is 35.4 Å². The highest BCUT2D eigenvalue weighted by molar-refractivity contribution is 5.80. The molecule has 0 amide bonds. The maximum atomic E-state index is 5.57. The van der Waals surface area contributed by atoms with E-state index in [1.165, 1.54) is 24.0 Å². The molecule has 1 N–H and O–H groups in total. The van der Waals surface area contributed by atoms with Crippen LogP contribution in [-0.2, 0) is 17.9 Å². The molecule has 23 heavy (non-hydrogen) atoms. The Morgan fingerprint density at radius 1 is 1.30 bits per heavy atom. The quantitative estimate of drug-likeness (QED) is 0.645. The molecule has 1 aromatic carbocycles. The van der Waals surface area contributed by atoms with Crippen LogP contribution in [0.3, 0.4) is 0 Å². The van der Waals surface area contributed by atoms with E-state index in [-0.39, 0.29) is 0 Å². The van der Waals surface area contributed by atoms with Gasteiger partial charge in [0.15, 0.2) is 5.96 Å². The molecule has 1 fully saturated rings. The molecule has 128 valence electrons. The van der Waals surface area contributed by atoms with Crippen molar-refractivity contribution in [3.8, 4) is 0 Å². The van der Waals surface area contributed by atoms with E-state index in [0.717, 1.165) is 38.1 Å². The molecule has 1 unspecified atom stereocenters. The maximum Gasteiger partial charge on any atom is 0.194 e. The smallest absolute Gasteiger partial charge is 0.194 e. The summed E-state index contributed by atoms with van der Waals surface area (Å²) in [4.78, 5) is 7.29. The van der Waals surface area contributed by atoms with Gasteiger partial charge in [0.2, 0.25) is 0 Å². The number of hydrogen-bond acceptors (Lipinski definition) is 2. The van der Waals surface area contributed by atoms with Crippen LogP contribution < -0.4 is 5.32 Å². The van der Waals surface area contributed by atoms with Gasteiger partial charge in [-0.25, -0.2) is 4.99 Å². The number of benzene rings is 1. The molecule has 2 rings (SSSR count). The number of likely N-dealkylation sites (tertiary alicyclic amines) is 1. The number of piperidine rings is 1. The molecule has 4 nitrogen and oxygen atoms in total. The Balaban J connectivity index is 2.08. The number of nitrogens with one attached hydrogen (secondary N) is 1. The largest absolute Gasteiger partial charge is 0.377 e. The lowest BCUT2D eigenvalue weighted by molar-refractivity contribution is 0.133. The van der Waals surface area contributed by atoms with Gasteiger partial charge >= 0.3 is 0 Å². The van der Waals surface area contributed by atoms with E-state index in [4.69, 9.17) is 9.73 Å². The minimum Gasteiger partial charge on any atom is -0.377 e. The Morgan fingerprint density at radius 2 is 2.09 bits per heavy atom. The molecule has 0 aliphatic carbocycles. The predicted molar refractivity (Wildman–Crippen MR) is 96.6 cm³/mol. The van der Waals surface area contributed by atoms with Crippen molar-refractivity contribution in [1.82, 2.24) is 10.2 Å². The normalized spacial score (nSPS) is 19.0. The predicted octanol–water partition coefficient (Wildman–Crippen LogP) is 3.42. The number of rotatable bonds is 6. The van der Waals surface area contributed by atoms with Crippen molar-refractivity contribution in [3.63, 3.8) is 0 Å². The van der Waals surface area contributed by atoms with Crippen molar-refractivity contribution in [2.24, 2.45) is 10.9 Å². The van der Waals surface area contributed by atoms with Crippen molar-refractivity contribution in [2.75, 3.05) is 26.2 Å². The van der Waals surface area contributed by atoms with E-state index in [9.17, 15) is 0 Å². The Labute approximate surface area is 140 Å². The number of nitrogens with zero attached hydrogens (tertiary/aromatic N) is 2. The molecule has 1 heterocycles. The third kappa shape index (κ3) is 5.54. The average Bonchev–Trinajstić information content (AvgIpc) is 2.57. The zero-order valence-corrected chi connectivity index (χ0v) is 14.8. The molecule has 1 aliphatic rings. The van der Waals surface area contributed by atoms with Crippen LogP contribution in [0.25, 0.3) is 0 Å². The van der Waals surface area contributed by atoms with Gasteiger partial charge in [0.25, 0.3) is 0 Å². The van der Waals surface area contributed by atoms with Gasteiger partial charge in [-0.2, -0.15) is 0 Å². The number of aliphatic imine (C=N–C) groups is 1. The molecule has 0 bridgehead atoms. The monoisotopic (exact) mass is 317 g/mol. The fourth-order valence-corrected chi connectivity index (χ4v) is 3.03. The van der Waals surface area contributed by atoms with Crippen molar-refractivity contribution in [1.29, 1.82) is 0 Å². The van der Waals surface area contributed by atoms with Crippen LogP contribution in [0, 0.1) is 5.92 Å². The van der Waals surface area contributed by atoms with E-state index in [2.05, 4.69) is 48.3 Å². The zero-order valence-electron chi connectivity index (χ0n) is 14.8. The lowest BCUT2D eigenvalue weighted by Gasteiger charge is -2.33.